The van der Waals surface area contributed by atoms with Gasteiger partial charge in [-0.3, -0.25) is 4.21 Å². The van der Waals surface area contributed by atoms with E-state index >= 15 is 0 Å². The molecule has 0 aromatic rings. The molecule has 0 aromatic carbocycles. The highest BCUT2D eigenvalue weighted by atomic mass is 32.2. The average molecular weight is 266 g/mol. The summed E-state index contributed by atoms with van der Waals surface area (Å²) in [4.78, 5) is 21.4. The van der Waals surface area contributed by atoms with Gasteiger partial charge in [0, 0.05) is 41.8 Å². The van der Waals surface area contributed by atoms with Gasteiger partial charge in [-0.1, -0.05) is 6.92 Å². The van der Waals surface area contributed by atoms with Crippen LogP contribution in [-0.2, 0) is 15.6 Å². The molecule has 0 bridgehead atoms. The minimum Gasteiger partial charge on any atom is -0.479 e. The van der Waals surface area contributed by atoms with Gasteiger partial charge >= 0.3 is 12.0 Å². The van der Waals surface area contributed by atoms with E-state index in [0.717, 1.165) is 0 Å². The van der Waals surface area contributed by atoms with Crippen LogP contribution in [0.25, 0.3) is 0 Å². The number of nitrogens with one attached hydrogen (secondary N) is 2. The number of aliphatic hydroxyl groups excluding tert-OH is 1. The number of aliphatic carboxylic acids is 1. The maximum absolute atomic E-state index is 11.1. The molecule has 0 saturated heterocycles. The monoisotopic (exact) mass is 266 g/mol. The Bertz CT molecular complexity index is 285. The van der Waals surface area contributed by atoms with Crippen LogP contribution in [0.2, 0.25) is 0 Å². The van der Waals surface area contributed by atoms with Crippen molar-refractivity contribution in [2.24, 2.45) is 0 Å². The molecule has 2 amide bonds. The molecule has 0 heterocycles. The minimum atomic E-state index is -1.47. The number of urea groups is 1. The Balaban J connectivity index is 3.53. The van der Waals surface area contributed by atoms with Crippen molar-refractivity contribution in [2.45, 2.75) is 19.4 Å². The van der Waals surface area contributed by atoms with Gasteiger partial charge in [-0.25, -0.2) is 9.59 Å². The van der Waals surface area contributed by atoms with E-state index < -0.39 is 28.9 Å². The number of hydrogen-bond acceptors (Lipinski definition) is 4. The van der Waals surface area contributed by atoms with Crippen molar-refractivity contribution in [3.63, 3.8) is 0 Å². The van der Waals surface area contributed by atoms with E-state index in [2.05, 4.69) is 10.6 Å². The first-order valence-electron chi connectivity index (χ1n) is 5.25. The lowest BCUT2D eigenvalue weighted by Gasteiger charge is -2.08. The summed E-state index contributed by atoms with van der Waals surface area (Å²) in [6, 6.07) is -0.462. The number of carboxylic acid groups (broad SMARTS) is 1. The van der Waals surface area contributed by atoms with Crippen LogP contribution in [0.15, 0.2) is 0 Å². The molecule has 0 aliphatic heterocycles. The van der Waals surface area contributed by atoms with E-state index in [1.165, 1.54) is 0 Å². The van der Waals surface area contributed by atoms with E-state index in [1.807, 2.05) is 0 Å². The van der Waals surface area contributed by atoms with Crippen LogP contribution in [0.3, 0.4) is 0 Å². The number of hydrogen-bond donors (Lipinski definition) is 4. The highest BCUT2D eigenvalue weighted by Crippen LogP contribution is 1.89. The number of amides is 2. The van der Waals surface area contributed by atoms with Crippen molar-refractivity contribution in [3.8, 4) is 0 Å². The Kier molecular flexibility index (Phi) is 8.34. The highest BCUT2D eigenvalue weighted by Gasteiger charge is 2.12. The molecule has 0 aliphatic rings. The SMILES string of the molecule is CCS(=O)CCNC(=O)NCC[C@H](O)C(=O)O. The Morgan fingerprint density at radius 1 is 1.29 bits per heavy atom. The molecule has 0 radical (unpaired) electrons. The summed E-state index contributed by atoms with van der Waals surface area (Å²) in [5.41, 5.74) is 0. The third kappa shape index (κ3) is 8.64. The summed E-state index contributed by atoms with van der Waals surface area (Å²) < 4.78 is 11.0. The number of aliphatic hydroxyl groups is 1. The van der Waals surface area contributed by atoms with Gasteiger partial charge < -0.3 is 20.8 Å². The molecule has 4 N–H and O–H groups in total. The number of carbonyl (C=O) groups is 2. The second kappa shape index (κ2) is 8.94. The second-order valence-electron chi connectivity index (χ2n) is 3.26. The van der Waals surface area contributed by atoms with Crippen molar-refractivity contribution < 1.29 is 24.0 Å². The molecular weight excluding hydrogens is 248 g/mol. The van der Waals surface area contributed by atoms with Crippen molar-refractivity contribution in [2.75, 3.05) is 24.6 Å². The van der Waals surface area contributed by atoms with Crippen molar-refractivity contribution in [3.05, 3.63) is 0 Å². The van der Waals surface area contributed by atoms with Gasteiger partial charge in [0.25, 0.3) is 0 Å². The second-order valence-corrected chi connectivity index (χ2v) is 5.12. The standard InChI is InChI=1S/C9H18N2O5S/c1-2-17(16)6-5-11-9(15)10-4-3-7(12)8(13)14/h7,12H,2-6H2,1H3,(H,13,14)(H2,10,11,15)/t7-,17?/m0/s1. The van der Waals surface area contributed by atoms with Gasteiger partial charge in [0.05, 0.1) is 0 Å². The molecule has 0 spiro atoms. The normalized spacial score (nSPS) is 13.8. The molecule has 0 rings (SSSR count). The third-order valence-electron chi connectivity index (χ3n) is 1.93. The van der Waals surface area contributed by atoms with E-state index in [-0.39, 0.29) is 13.0 Å². The zero-order valence-corrected chi connectivity index (χ0v) is 10.5. The summed E-state index contributed by atoms with van der Waals surface area (Å²) in [7, 11) is -0.923. The lowest BCUT2D eigenvalue weighted by Crippen LogP contribution is -2.39. The molecule has 1 unspecified atom stereocenters. The first-order chi connectivity index (χ1) is 7.97. The average Bonchev–Trinajstić information content (AvgIpc) is 2.28. The number of carboxylic acids is 1. The predicted octanol–water partition coefficient (Wildman–Crippen LogP) is -1.11. The van der Waals surface area contributed by atoms with Crippen molar-refractivity contribution in [1.29, 1.82) is 0 Å². The van der Waals surface area contributed by atoms with E-state index in [9.17, 15) is 13.8 Å². The van der Waals surface area contributed by atoms with Gasteiger partial charge in [0.1, 0.15) is 0 Å². The summed E-state index contributed by atoms with van der Waals surface area (Å²) in [6.07, 6.45) is -1.52. The largest absolute Gasteiger partial charge is 0.479 e. The molecule has 17 heavy (non-hydrogen) atoms. The number of carbonyl (C=O) groups excluding carboxylic acids is 1. The fourth-order valence-electron chi connectivity index (χ4n) is 0.931. The van der Waals surface area contributed by atoms with Crippen LogP contribution in [0.1, 0.15) is 13.3 Å². The van der Waals surface area contributed by atoms with Gasteiger partial charge in [-0.15, -0.1) is 0 Å². The van der Waals surface area contributed by atoms with Gasteiger partial charge in [0.2, 0.25) is 0 Å². The lowest BCUT2D eigenvalue weighted by atomic mass is 10.2. The minimum absolute atomic E-state index is 0.0519. The van der Waals surface area contributed by atoms with Crippen LogP contribution in [0.4, 0.5) is 4.79 Å². The summed E-state index contributed by atoms with van der Waals surface area (Å²) in [5.74, 6) is -0.374. The summed E-state index contributed by atoms with van der Waals surface area (Å²) >= 11 is 0. The Hall–Kier alpha value is -1.15. The molecule has 2 atom stereocenters. The third-order valence-corrected chi connectivity index (χ3v) is 3.23. The fraction of sp³-hybridized carbons (Fsp3) is 0.778. The topological polar surface area (TPSA) is 116 Å². The van der Waals surface area contributed by atoms with E-state index in [0.29, 0.717) is 18.1 Å². The number of rotatable bonds is 8. The Morgan fingerprint density at radius 3 is 2.41 bits per heavy atom. The van der Waals surface area contributed by atoms with Crippen molar-refractivity contribution >= 4 is 22.8 Å². The molecular formula is C9H18N2O5S. The van der Waals surface area contributed by atoms with Gasteiger partial charge in [-0.05, 0) is 0 Å². The van der Waals surface area contributed by atoms with Gasteiger partial charge in [-0.2, -0.15) is 0 Å². The molecule has 100 valence electrons. The maximum atomic E-state index is 11.1. The lowest BCUT2D eigenvalue weighted by molar-refractivity contribution is -0.146. The summed E-state index contributed by atoms with van der Waals surface area (Å²) in [6.45, 7) is 2.16. The first-order valence-corrected chi connectivity index (χ1v) is 6.73. The molecule has 7 nitrogen and oxygen atoms in total. The predicted molar refractivity (Wildman–Crippen MR) is 63.2 cm³/mol. The fourth-order valence-corrected chi connectivity index (χ4v) is 1.55. The van der Waals surface area contributed by atoms with Crippen LogP contribution in [0, 0.1) is 0 Å². The van der Waals surface area contributed by atoms with E-state index in [4.69, 9.17) is 10.2 Å². The molecule has 0 aliphatic carbocycles. The molecule has 8 heteroatoms. The molecule has 0 fully saturated rings. The van der Waals surface area contributed by atoms with Crippen LogP contribution in [-0.4, -0.2) is 57.1 Å². The Labute approximate surface area is 102 Å². The zero-order valence-electron chi connectivity index (χ0n) is 9.64. The first kappa shape index (κ1) is 15.9. The van der Waals surface area contributed by atoms with Crippen molar-refractivity contribution in [1.82, 2.24) is 10.6 Å². The van der Waals surface area contributed by atoms with E-state index in [1.54, 1.807) is 6.92 Å². The highest BCUT2D eigenvalue weighted by molar-refractivity contribution is 7.84. The van der Waals surface area contributed by atoms with Crippen LogP contribution in [0.5, 0.6) is 0 Å². The van der Waals surface area contributed by atoms with Crippen LogP contribution >= 0.6 is 0 Å². The molecule has 0 saturated carbocycles. The Morgan fingerprint density at radius 2 is 1.88 bits per heavy atom. The quantitative estimate of drug-likeness (QED) is 0.444. The molecule has 0 aromatic heterocycles. The summed E-state index contributed by atoms with van der Waals surface area (Å²) in [5, 5.41) is 22.1. The van der Waals surface area contributed by atoms with Crippen LogP contribution < -0.4 is 10.6 Å². The smallest absolute Gasteiger partial charge is 0.332 e. The van der Waals surface area contributed by atoms with Gasteiger partial charge in [0.15, 0.2) is 6.10 Å². The maximum Gasteiger partial charge on any atom is 0.332 e. The zero-order chi connectivity index (χ0) is 13.3.